The Morgan fingerprint density at radius 3 is 1.76 bits per heavy atom. The summed E-state index contributed by atoms with van der Waals surface area (Å²) in [4.78, 5) is 76.6. The summed E-state index contributed by atoms with van der Waals surface area (Å²) < 4.78 is 11.6. The highest BCUT2D eigenvalue weighted by Crippen LogP contribution is 2.34. The monoisotopic (exact) mass is 982 g/mol. The summed E-state index contributed by atoms with van der Waals surface area (Å²) in [5.74, 6) is 14.5. The van der Waals surface area contributed by atoms with E-state index in [2.05, 4.69) is 54.3 Å². The van der Waals surface area contributed by atoms with Crippen LogP contribution in [0, 0.1) is 29.6 Å². The van der Waals surface area contributed by atoms with Crippen LogP contribution >= 0.6 is 37.2 Å². The third-order valence-electron chi connectivity index (χ3n) is 11.8. The minimum absolute atomic E-state index is 0. The van der Waals surface area contributed by atoms with Crippen LogP contribution in [0.4, 0.5) is 9.59 Å². The Bertz CT molecular complexity index is 2860. The zero-order chi connectivity index (χ0) is 45.6. The maximum atomic E-state index is 14.0. The number of alkyl carbamates (subject to hydrolysis) is 2. The number of fused-ring (bicyclic) bond motifs is 1. The molecule has 6 aromatic rings. The number of nitrogens with one attached hydrogen (secondary N) is 4. The molecule has 356 valence electrons. The standard InChI is InChI=1S/C49H50N10O6.3ClH/c1-30(2)39(55-48(62)64-4)46(60)58-26-12-18-37(58)43-51-29-36(53-43)25-23-33-21-20-32(40-42(33)57(3)45(54-40)34-16-10-7-11-17-34)22-24-35-28-50-44(52-35)38-19-13-27-59(38)47(61)41(56-49(63)65-5)31-14-8-6-9-15-31;;;/h6-11,14-17,20-21,28-30,37-39,41H,12-13,18-19,26-27H2,1-5H3,(H,50,52)(H,51,53)(H,55,62)(H,56,63);3*1H/t37-,38-,39-,41+;;;/m0.../s1. The van der Waals surface area contributed by atoms with Gasteiger partial charge in [-0.15, -0.1) is 37.2 Å². The number of aryl methyl sites for hydroxylation is 1. The van der Waals surface area contributed by atoms with Gasteiger partial charge in [-0.05, 0) is 61.1 Å². The van der Waals surface area contributed by atoms with Crippen LogP contribution in [0.1, 0.15) is 97.4 Å². The van der Waals surface area contributed by atoms with Gasteiger partial charge in [-0.3, -0.25) is 9.59 Å². The summed E-state index contributed by atoms with van der Waals surface area (Å²) in [6.07, 6.45) is 4.97. The Balaban J connectivity index is 0.00000288. The number of imidazole rings is 3. The van der Waals surface area contributed by atoms with Gasteiger partial charge in [0.2, 0.25) is 5.91 Å². The van der Waals surface area contributed by atoms with Crippen LogP contribution in [0.3, 0.4) is 0 Å². The SMILES string of the molecule is COC(=O)N[C@H](C(=O)N1CCC[C@H]1c1ncc(C#Cc2ccc(C#Cc3cnc([C@@H]4CCCN4C(=O)[C@H](NC(=O)OC)c4ccccc4)[nH]3)c3nc(-c4ccccc4)n(C)c23)[nH]1)C(C)C.Cl.Cl.Cl. The summed E-state index contributed by atoms with van der Waals surface area (Å²) >= 11 is 0. The molecule has 0 unspecified atom stereocenters. The second-order valence-electron chi connectivity index (χ2n) is 16.3. The molecule has 0 spiro atoms. The van der Waals surface area contributed by atoms with Crippen molar-refractivity contribution in [3.63, 3.8) is 0 Å². The molecule has 0 saturated carbocycles. The number of methoxy groups -OCH3 is 2. The molecule has 4 amide bonds. The van der Waals surface area contributed by atoms with E-state index in [0.29, 0.717) is 59.2 Å². The maximum absolute atomic E-state index is 14.0. The van der Waals surface area contributed by atoms with Gasteiger partial charge in [0.1, 0.15) is 46.5 Å². The molecule has 0 radical (unpaired) electrons. The quantitative estimate of drug-likeness (QED) is 0.106. The van der Waals surface area contributed by atoms with Crippen LogP contribution in [0.5, 0.6) is 0 Å². The van der Waals surface area contributed by atoms with Gasteiger partial charge in [-0.1, -0.05) is 86.4 Å². The smallest absolute Gasteiger partial charge is 0.407 e. The highest BCUT2D eigenvalue weighted by Gasteiger charge is 2.38. The number of nitrogens with zero attached hydrogens (tertiary/aromatic N) is 6. The van der Waals surface area contributed by atoms with E-state index in [1.165, 1.54) is 14.2 Å². The first-order valence-corrected chi connectivity index (χ1v) is 21.6. The van der Waals surface area contributed by atoms with E-state index in [9.17, 15) is 19.2 Å². The molecule has 2 aliphatic rings. The van der Waals surface area contributed by atoms with E-state index in [4.69, 9.17) is 14.5 Å². The lowest BCUT2D eigenvalue weighted by molar-refractivity contribution is -0.135. The summed E-state index contributed by atoms with van der Waals surface area (Å²) in [6.45, 7) is 4.82. The largest absolute Gasteiger partial charge is 0.453 e. The van der Waals surface area contributed by atoms with Crippen LogP contribution in [0.15, 0.2) is 85.2 Å². The molecule has 0 bridgehead atoms. The minimum atomic E-state index is -0.924. The van der Waals surface area contributed by atoms with Crippen molar-refractivity contribution in [2.45, 2.75) is 63.7 Å². The Kier molecular flexibility index (Phi) is 17.7. The number of carbonyl (C=O) groups is 4. The first kappa shape index (κ1) is 52.0. The maximum Gasteiger partial charge on any atom is 0.407 e. The number of hydrogen-bond donors (Lipinski definition) is 4. The Labute approximate surface area is 413 Å². The molecular formula is C49H53Cl3N10O6. The number of rotatable bonds is 9. The van der Waals surface area contributed by atoms with Crippen LogP contribution < -0.4 is 10.6 Å². The zero-order valence-electron chi connectivity index (χ0n) is 38.1. The van der Waals surface area contributed by atoms with Gasteiger partial charge < -0.3 is 44.4 Å². The van der Waals surface area contributed by atoms with Crippen LogP contribution in [0.2, 0.25) is 0 Å². The summed E-state index contributed by atoms with van der Waals surface area (Å²) in [5, 5.41) is 5.39. The van der Waals surface area contributed by atoms with Crippen LogP contribution in [-0.2, 0) is 26.1 Å². The van der Waals surface area contributed by atoms with Crippen LogP contribution in [0.25, 0.3) is 22.4 Å². The van der Waals surface area contributed by atoms with Crippen molar-refractivity contribution in [3.05, 3.63) is 125 Å². The molecule has 4 atom stereocenters. The van der Waals surface area contributed by atoms with Crippen molar-refractivity contribution in [2.24, 2.45) is 13.0 Å². The number of aromatic amines is 2. The first-order chi connectivity index (χ1) is 31.5. The molecular weight excluding hydrogens is 931 g/mol. The molecule has 2 saturated heterocycles. The molecule has 5 heterocycles. The summed E-state index contributed by atoms with van der Waals surface area (Å²) in [7, 11) is 4.50. The Hall–Kier alpha value is -6.98. The molecule has 8 rings (SSSR count). The average Bonchev–Trinajstić information content (AvgIpc) is 4.19. The van der Waals surface area contributed by atoms with Gasteiger partial charge in [0, 0.05) is 25.7 Å². The highest BCUT2D eigenvalue weighted by molar-refractivity contribution is 5.91. The van der Waals surface area contributed by atoms with Gasteiger partial charge in [0.25, 0.3) is 5.91 Å². The number of ether oxygens (including phenoxy) is 2. The fraction of sp³-hybridized carbons (Fsp3) is 0.327. The topological polar surface area (TPSA) is 192 Å². The predicted octanol–water partition coefficient (Wildman–Crippen LogP) is 7.56. The van der Waals surface area contributed by atoms with Crippen molar-refractivity contribution >= 4 is 72.3 Å². The molecule has 0 aliphatic carbocycles. The zero-order valence-corrected chi connectivity index (χ0v) is 40.5. The number of benzene rings is 3. The predicted molar refractivity (Wildman–Crippen MR) is 263 cm³/mol. The van der Waals surface area contributed by atoms with Gasteiger partial charge in [0.05, 0.1) is 55.3 Å². The third-order valence-corrected chi connectivity index (χ3v) is 11.8. The minimum Gasteiger partial charge on any atom is -0.453 e. The van der Waals surface area contributed by atoms with Crippen molar-refractivity contribution in [3.8, 4) is 35.1 Å². The van der Waals surface area contributed by atoms with Gasteiger partial charge >= 0.3 is 12.2 Å². The Morgan fingerprint density at radius 2 is 1.21 bits per heavy atom. The third kappa shape index (κ3) is 11.1. The van der Waals surface area contributed by atoms with Crippen molar-refractivity contribution < 1.29 is 28.7 Å². The Morgan fingerprint density at radius 1 is 0.691 bits per heavy atom. The number of carbonyl (C=O) groups excluding carboxylic acids is 4. The highest BCUT2D eigenvalue weighted by atomic mass is 35.5. The van der Waals surface area contributed by atoms with Gasteiger partial charge in [-0.2, -0.15) is 0 Å². The fourth-order valence-corrected chi connectivity index (χ4v) is 8.56. The van der Waals surface area contributed by atoms with E-state index < -0.39 is 24.3 Å². The molecule has 2 aliphatic heterocycles. The van der Waals surface area contributed by atoms with E-state index in [1.807, 2.05) is 86.1 Å². The first-order valence-electron chi connectivity index (χ1n) is 21.6. The van der Waals surface area contributed by atoms with Gasteiger partial charge in [0.15, 0.2) is 0 Å². The molecule has 3 aromatic heterocycles. The normalized spacial score (nSPS) is 15.9. The number of aromatic nitrogens is 6. The number of likely N-dealkylation sites (tertiary alicyclic amines) is 2. The second kappa shape index (κ2) is 23.2. The molecule has 4 N–H and O–H groups in total. The van der Waals surface area contributed by atoms with E-state index >= 15 is 0 Å². The lowest BCUT2D eigenvalue weighted by Gasteiger charge is -2.29. The summed E-state index contributed by atoms with van der Waals surface area (Å²) in [6, 6.07) is 20.5. The lowest BCUT2D eigenvalue weighted by atomic mass is 10.0. The molecule has 68 heavy (non-hydrogen) atoms. The van der Waals surface area contributed by atoms with E-state index in [1.54, 1.807) is 34.3 Å². The van der Waals surface area contributed by atoms with Crippen molar-refractivity contribution in [2.75, 3.05) is 27.3 Å². The number of H-pyrrole nitrogens is 2. The van der Waals surface area contributed by atoms with E-state index in [-0.39, 0.29) is 67.0 Å². The van der Waals surface area contributed by atoms with Crippen LogP contribution in [-0.4, -0.2) is 96.6 Å². The lowest BCUT2D eigenvalue weighted by Crippen LogP contribution is -2.51. The average molecular weight is 984 g/mol. The van der Waals surface area contributed by atoms with Gasteiger partial charge in [-0.25, -0.2) is 24.5 Å². The molecule has 2 fully saturated rings. The second-order valence-corrected chi connectivity index (χ2v) is 16.3. The molecule has 16 nitrogen and oxygen atoms in total. The molecule has 3 aromatic carbocycles. The number of amides is 4. The van der Waals surface area contributed by atoms with Crippen molar-refractivity contribution in [1.82, 2.24) is 49.9 Å². The number of hydrogen-bond acceptors (Lipinski definition) is 9. The van der Waals surface area contributed by atoms with E-state index in [0.717, 1.165) is 41.7 Å². The number of halogens is 3. The van der Waals surface area contributed by atoms with Crippen molar-refractivity contribution in [1.29, 1.82) is 0 Å². The molecule has 19 heteroatoms. The fourth-order valence-electron chi connectivity index (χ4n) is 8.56. The summed E-state index contributed by atoms with van der Waals surface area (Å²) in [5.41, 5.74) is 5.63.